The summed E-state index contributed by atoms with van der Waals surface area (Å²) in [5.41, 5.74) is 0.812. The molecule has 0 unspecified atom stereocenters. The van der Waals surface area contributed by atoms with E-state index >= 15 is 0 Å². The fourth-order valence-corrected chi connectivity index (χ4v) is 4.72. The summed E-state index contributed by atoms with van der Waals surface area (Å²) >= 11 is 0. The van der Waals surface area contributed by atoms with E-state index in [-0.39, 0.29) is 28.6 Å². The number of amides is 1. The average Bonchev–Trinajstić information content (AvgIpc) is 3.21. The Hall–Kier alpha value is -2.45. The number of halogens is 1. The molecule has 2 aromatic carbocycles. The molecule has 1 fully saturated rings. The molecule has 0 spiro atoms. The van der Waals surface area contributed by atoms with Gasteiger partial charge in [0.25, 0.3) is 5.91 Å². The predicted molar refractivity (Wildman–Crippen MR) is 98.6 cm³/mol. The van der Waals surface area contributed by atoms with Gasteiger partial charge in [-0.1, -0.05) is 12.1 Å². The highest BCUT2D eigenvalue weighted by Crippen LogP contribution is 2.29. The Kier molecular flexibility index (Phi) is 5.76. The van der Waals surface area contributed by atoms with Gasteiger partial charge in [-0.15, -0.1) is 0 Å². The molecule has 1 heterocycles. The van der Waals surface area contributed by atoms with Crippen LogP contribution in [-0.4, -0.2) is 38.8 Å². The lowest BCUT2D eigenvalue weighted by Crippen LogP contribution is -2.29. The number of nitrogens with one attached hydrogen (secondary N) is 1. The number of rotatable bonds is 6. The van der Waals surface area contributed by atoms with Gasteiger partial charge in [-0.3, -0.25) is 4.79 Å². The molecule has 1 saturated heterocycles. The van der Waals surface area contributed by atoms with Gasteiger partial charge in [0.05, 0.1) is 7.11 Å². The van der Waals surface area contributed by atoms with E-state index in [2.05, 4.69) is 5.32 Å². The van der Waals surface area contributed by atoms with Gasteiger partial charge in [0, 0.05) is 25.2 Å². The Balaban J connectivity index is 1.82. The van der Waals surface area contributed by atoms with Gasteiger partial charge in [-0.25, -0.2) is 12.8 Å². The van der Waals surface area contributed by atoms with E-state index in [1.165, 1.54) is 41.7 Å². The van der Waals surface area contributed by atoms with Crippen molar-refractivity contribution in [2.45, 2.75) is 24.3 Å². The van der Waals surface area contributed by atoms with Crippen molar-refractivity contribution in [2.24, 2.45) is 0 Å². The largest absolute Gasteiger partial charge is 0.495 e. The quantitative estimate of drug-likeness (QED) is 0.820. The summed E-state index contributed by atoms with van der Waals surface area (Å²) in [5, 5.41) is 2.67. The Labute approximate surface area is 158 Å². The summed E-state index contributed by atoms with van der Waals surface area (Å²) in [5.74, 6) is -0.631. The molecule has 1 aliphatic heterocycles. The van der Waals surface area contributed by atoms with Crippen molar-refractivity contribution in [2.75, 3.05) is 20.2 Å². The van der Waals surface area contributed by atoms with E-state index in [0.717, 1.165) is 12.8 Å². The maximum atomic E-state index is 13.2. The molecule has 0 atom stereocenters. The number of carbonyl (C=O) groups excluding carboxylic acids is 1. The van der Waals surface area contributed by atoms with Gasteiger partial charge in [0.2, 0.25) is 10.0 Å². The molecule has 6 nitrogen and oxygen atoms in total. The maximum absolute atomic E-state index is 13.2. The topological polar surface area (TPSA) is 75.7 Å². The minimum Gasteiger partial charge on any atom is -0.495 e. The van der Waals surface area contributed by atoms with Crippen molar-refractivity contribution in [3.05, 3.63) is 59.4 Å². The molecular formula is C19H21FN2O4S. The SMILES string of the molecule is COc1ccc(C(=O)NCc2cccc(F)c2)cc1S(=O)(=O)N1CCCC1. The summed E-state index contributed by atoms with van der Waals surface area (Å²) in [6.45, 7) is 1.06. The van der Waals surface area contributed by atoms with Crippen LogP contribution in [0.25, 0.3) is 0 Å². The Bertz CT molecular complexity index is 940. The molecule has 8 heteroatoms. The maximum Gasteiger partial charge on any atom is 0.251 e. The monoisotopic (exact) mass is 392 g/mol. The number of hydrogen-bond donors (Lipinski definition) is 1. The fourth-order valence-electron chi connectivity index (χ4n) is 3.02. The fraction of sp³-hybridized carbons (Fsp3) is 0.316. The zero-order valence-electron chi connectivity index (χ0n) is 14.9. The van der Waals surface area contributed by atoms with Crippen LogP contribution in [0.2, 0.25) is 0 Å². The summed E-state index contributed by atoms with van der Waals surface area (Å²) in [6, 6.07) is 10.2. The molecule has 0 aromatic heterocycles. The van der Waals surface area contributed by atoms with Crippen molar-refractivity contribution in [1.82, 2.24) is 9.62 Å². The van der Waals surface area contributed by atoms with Crippen molar-refractivity contribution >= 4 is 15.9 Å². The van der Waals surface area contributed by atoms with Crippen LogP contribution in [0.3, 0.4) is 0 Å². The number of carbonyl (C=O) groups is 1. The van der Waals surface area contributed by atoms with Crippen LogP contribution < -0.4 is 10.1 Å². The first kappa shape index (κ1) is 19.3. The Morgan fingerprint density at radius 1 is 1.19 bits per heavy atom. The van der Waals surface area contributed by atoms with Crippen molar-refractivity contribution in [3.8, 4) is 5.75 Å². The Morgan fingerprint density at radius 3 is 2.59 bits per heavy atom. The summed E-state index contributed by atoms with van der Waals surface area (Å²) < 4.78 is 45.6. The second kappa shape index (κ2) is 8.06. The number of ether oxygens (including phenoxy) is 1. The highest BCUT2D eigenvalue weighted by molar-refractivity contribution is 7.89. The molecule has 0 bridgehead atoms. The molecule has 1 N–H and O–H groups in total. The molecule has 3 rings (SSSR count). The van der Waals surface area contributed by atoms with E-state index in [0.29, 0.717) is 18.7 Å². The molecule has 1 amide bonds. The normalized spacial score (nSPS) is 14.9. The number of methoxy groups -OCH3 is 1. The lowest BCUT2D eigenvalue weighted by atomic mass is 10.2. The van der Waals surface area contributed by atoms with Gasteiger partial charge in [-0.05, 0) is 48.7 Å². The van der Waals surface area contributed by atoms with Crippen LogP contribution in [0.4, 0.5) is 4.39 Å². The van der Waals surface area contributed by atoms with Crippen molar-refractivity contribution in [1.29, 1.82) is 0 Å². The van der Waals surface area contributed by atoms with Gasteiger partial charge in [-0.2, -0.15) is 4.31 Å². The molecule has 27 heavy (non-hydrogen) atoms. The number of hydrogen-bond acceptors (Lipinski definition) is 4. The third-order valence-corrected chi connectivity index (χ3v) is 6.37. The molecule has 2 aromatic rings. The lowest BCUT2D eigenvalue weighted by Gasteiger charge is -2.18. The van der Waals surface area contributed by atoms with Crippen molar-refractivity contribution < 1.29 is 22.3 Å². The van der Waals surface area contributed by atoms with Crippen molar-refractivity contribution in [3.63, 3.8) is 0 Å². The van der Waals surface area contributed by atoms with Gasteiger partial charge >= 0.3 is 0 Å². The number of nitrogens with zero attached hydrogens (tertiary/aromatic N) is 1. The highest BCUT2D eigenvalue weighted by atomic mass is 32.2. The summed E-state index contributed by atoms with van der Waals surface area (Å²) in [7, 11) is -2.34. The zero-order chi connectivity index (χ0) is 19.4. The number of benzene rings is 2. The third kappa shape index (κ3) is 4.28. The first-order chi connectivity index (χ1) is 12.9. The number of sulfonamides is 1. The van der Waals surface area contributed by atoms with Crippen LogP contribution in [0, 0.1) is 5.82 Å². The van der Waals surface area contributed by atoms with Crippen LogP contribution in [-0.2, 0) is 16.6 Å². The summed E-state index contributed by atoms with van der Waals surface area (Å²) in [6.07, 6.45) is 1.63. The molecular weight excluding hydrogens is 371 g/mol. The zero-order valence-corrected chi connectivity index (χ0v) is 15.8. The third-order valence-electron chi connectivity index (χ3n) is 4.45. The minimum absolute atomic E-state index is 0.0229. The standard InChI is InChI=1S/C19H21FN2O4S/c1-26-17-8-7-15(12-18(17)27(24,25)22-9-2-3-10-22)19(23)21-13-14-5-4-6-16(20)11-14/h4-8,11-12H,2-3,9-10,13H2,1H3,(H,21,23). The van der Waals surface area contributed by atoms with Gasteiger partial charge < -0.3 is 10.1 Å². The first-order valence-corrected chi connectivity index (χ1v) is 10.1. The Morgan fingerprint density at radius 2 is 1.93 bits per heavy atom. The second-order valence-corrected chi connectivity index (χ2v) is 8.20. The van der Waals surface area contributed by atoms with Crippen LogP contribution >= 0.6 is 0 Å². The molecule has 144 valence electrons. The summed E-state index contributed by atoms with van der Waals surface area (Å²) in [4.78, 5) is 12.4. The molecule has 0 aliphatic carbocycles. The highest BCUT2D eigenvalue weighted by Gasteiger charge is 2.30. The molecule has 0 saturated carbocycles. The van der Waals surface area contributed by atoms with E-state index in [4.69, 9.17) is 4.74 Å². The van der Waals surface area contributed by atoms with Crippen LogP contribution in [0.15, 0.2) is 47.4 Å². The van der Waals surface area contributed by atoms with E-state index in [1.807, 2.05) is 0 Å². The average molecular weight is 392 g/mol. The second-order valence-electron chi connectivity index (χ2n) is 6.29. The predicted octanol–water partition coefficient (Wildman–Crippen LogP) is 2.55. The van der Waals surface area contributed by atoms with Gasteiger partial charge in [0.1, 0.15) is 16.5 Å². The minimum atomic E-state index is -3.73. The molecule has 0 radical (unpaired) electrons. The smallest absolute Gasteiger partial charge is 0.251 e. The van der Waals surface area contributed by atoms with E-state index in [1.54, 1.807) is 12.1 Å². The first-order valence-electron chi connectivity index (χ1n) is 8.62. The van der Waals surface area contributed by atoms with E-state index < -0.39 is 15.9 Å². The van der Waals surface area contributed by atoms with Crippen LogP contribution in [0.1, 0.15) is 28.8 Å². The van der Waals surface area contributed by atoms with E-state index in [9.17, 15) is 17.6 Å². The lowest BCUT2D eigenvalue weighted by molar-refractivity contribution is 0.0950. The van der Waals surface area contributed by atoms with Gasteiger partial charge in [0.15, 0.2) is 0 Å². The molecule has 1 aliphatic rings. The van der Waals surface area contributed by atoms with Crippen LogP contribution in [0.5, 0.6) is 5.75 Å².